The van der Waals surface area contributed by atoms with E-state index in [9.17, 15) is 14.9 Å². The van der Waals surface area contributed by atoms with Crippen molar-refractivity contribution in [3.63, 3.8) is 0 Å². The van der Waals surface area contributed by atoms with E-state index in [0.29, 0.717) is 5.69 Å². The summed E-state index contributed by atoms with van der Waals surface area (Å²) >= 11 is 0. The Kier molecular flexibility index (Phi) is 4.73. The molecule has 114 valence electrons. The van der Waals surface area contributed by atoms with Gasteiger partial charge in [0, 0.05) is 23.5 Å². The first-order valence-corrected chi connectivity index (χ1v) is 6.81. The number of carbonyl (C=O) groups is 1. The zero-order valence-corrected chi connectivity index (χ0v) is 12.4. The van der Waals surface area contributed by atoms with Crippen molar-refractivity contribution in [2.45, 2.75) is 13.8 Å². The maximum Gasteiger partial charge on any atom is 0.271 e. The van der Waals surface area contributed by atoms with E-state index >= 15 is 0 Å². The molecule has 22 heavy (non-hydrogen) atoms. The van der Waals surface area contributed by atoms with Gasteiger partial charge in [0.25, 0.3) is 5.69 Å². The molecule has 2 aromatic carbocycles. The van der Waals surface area contributed by atoms with Crippen LogP contribution in [-0.2, 0) is 4.79 Å². The fourth-order valence-electron chi connectivity index (χ4n) is 2.00. The van der Waals surface area contributed by atoms with E-state index in [0.717, 1.165) is 16.8 Å². The molecule has 0 aliphatic heterocycles. The number of nitrogens with zero attached hydrogens (tertiary/aromatic N) is 1. The highest BCUT2D eigenvalue weighted by atomic mass is 16.6. The van der Waals surface area contributed by atoms with Crippen LogP contribution in [0, 0.1) is 24.0 Å². The van der Waals surface area contributed by atoms with Crippen LogP contribution in [0.25, 0.3) is 0 Å². The molecule has 2 aromatic rings. The molecule has 0 aliphatic rings. The fraction of sp³-hybridized carbons (Fsp3) is 0.188. The minimum atomic E-state index is -0.496. The molecule has 0 bridgehead atoms. The van der Waals surface area contributed by atoms with Gasteiger partial charge in [-0.3, -0.25) is 14.9 Å². The van der Waals surface area contributed by atoms with Gasteiger partial charge in [-0.1, -0.05) is 18.2 Å². The number of non-ortho nitro benzene ring substituents is 1. The van der Waals surface area contributed by atoms with E-state index in [4.69, 9.17) is 0 Å². The van der Waals surface area contributed by atoms with Gasteiger partial charge >= 0.3 is 0 Å². The SMILES string of the molecule is Cc1ccc(C)c(NCC(=O)Nc2cccc([N+](=O)[O-])c2)c1. The van der Waals surface area contributed by atoms with Crippen molar-refractivity contribution in [2.75, 3.05) is 17.2 Å². The zero-order valence-electron chi connectivity index (χ0n) is 12.4. The van der Waals surface area contributed by atoms with Crippen LogP contribution in [0.5, 0.6) is 0 Å². The third kappa shape index (κ3) is 4.05. The van der Waals surface area contributed by atoms with E-state index in [1.807, 2.05) is 32.0 Å². The molecule has 0 unspecified atom stereocenters. The van der Waals surface area contributed by atoms with Crippen LogP contribution in [0.1, 0.15) is 11.1 Å². The van der Waals surface area contributed by atoms with E-state index in [1.165, 1.54) is 18.2 Å². The Morgan fingerprint density at radius 1 is 1.18 bits per heavy atom. The van der Waals surface area contributed by atoms with Gasteiger partial charge in [0.1, 0.15) is 0 Å². The monoisotopic (exact) mass is 299 g/mol. The molecule has 0 atom stereocenters. The van der Waals surface area contributed by atoms with Gasteiger partial charge < -0.3 is 10.6 Å². The summed E-state index contributed by atoms with van der Waals surface area (Å²) in [5.74, 6) is -0.263. The second-order valence-corrected chi connectivity index (χ2v) is 5.03. The lowest BCUT2D eigenvalue weighted by Crippen LogP contribution is -2.22. The quantitative estimate of drug-likeness (QED) is 0.655. The Hall–Kier alpha value is -2.89. The summed E-state index contributed by atoms with van der Waals surface area (Å²) in [6.07, 6.45) is 0. The number of nitro benzene ring substituents is 1. The van der Waals surface area contributed by atoms with E-state index in [1.54, 1.807) is 6.07 Å². The van der Waals surface area contributed by atoms with Gasteiger partial charge in [-0.05, 0) is 37.1 Å². The first-order chi connectivity index (χ1) is 10.5. The summed E-state index contributed by atoms with van der Waals surface area (Å²) in [4.78, 5) is 22.1. The van der Waals surface area contributed by atoms with Crippen molar-refractivity contribution in [1.82, 2.24) is 0 Å². The summed E-state index contributed by atoms with van der Waals surface area (Å²) < 4.78 is 0. The molecule has 2 rings (SSSR count). The van der Waals surface area contributed by atoms with Gasteiger partial charge in [0.2, 0.25) is 5.91 Å². The predicted molar refractivity (Wildman–Crippen MR) is 86.1 cm³/mol. The zero-order chi connectivity index (χ0) is 16.1. The van der Waals surface area contributed by atoms with Crippen LogP contribution in [0.4, 0.5) is 17.1 Å². The summed E-state index contributed by atoms with van der Waals surface area (Å²) in [5.41, 5.74) is 3.40. The number of carbonyl (C=O) groups excluding carboxylic acids is 1. The molecule has 0 spiro atoms. The molecule has 0 aliphatic carbocycles. The third-order valence-corrected chi connectivity index (χ3v) is 3.17. The van der Waals surface area contributed by atoms with Crippen molar-refractivity contribution < 1.29 is 9.72 Å². The van der Waals surface area contributed by atoms with Gasteiger partial charge in [-0.2, -0.15) is 0 Å². The normalized spacial score (nSPS) is 10.1. The number of aryl methyl sites for hydroxylation is 2. The van der Waals surface area contributed by atoms with Crippen molar-refractivity contribution >= 4 is 23.0 Å². The topological polar surface area (TPSA) is 84.3 Å². The summed E-state index contributed by atoms with van der Waals surface area (Å²) in [7, 11) is 0. The van der Waals surface area contributed by atoms with E-state index in [2.05, 4.69) is 10.6 Å². The van der Waals surface area contributed by atoms with Gasteiger partial charge in [-0.25, -0.2) is 0 Å². The second-order valence-electron chi connectivity index (χ2n) is 5.03. The number of amides is 1. The molecule has 0 saturated carbocycles. The molecule has 6 nitrogen and oxygen atoms in total. The van der Waals surface area contributed by atoms with Crippen LogP contribution >= 0.6 is 0 Å². The van der Waals surface area contributed by atoms with Crippen LogP contribution in [0.2, 0.25) is 0 Å². The highest BCUT2D eigenvalue weighted by molar-refractivity contribution is 5.94. The average molecular weight is 299 g/mol. The Labute approximate surface area is 128 Å². The first kappa shape index (κ1) is 15.5. The number of nitro groups is 1. The van der Waals surface area contributed by atoms with Gasteiger partial charge in [0.05, 0.1) is 11.5 Å². The maximum atomic E-state index is 11.9. The smallest absolute Gasteiger partial charge is 0.271 e. The Morgan fingerprint density at radius 2 is 1.95 bits per heavy atom. The average Bonchev–Trinajstić information content (AvgIpc) is 2.48. The van der Waals surface area contributed by atoms with Crippen molar-refractivity contribution in [1.29, 1.82) is 0 Å². The number of hydrogen-bond acceptors (Lipinski definition) is 4. The molecule has 0 radical (unpaired) electrons. The molecule has 0 aromatic heterocycles. The van der Waals surface area contributed by atoms with Crippen molar-refractivity contribution in [2.24, 2.45) is 0 Å². The molecule has 1 amide bonds. The molecule has 6 heteroatoms. The van der Waals surface area contributed by atoms with Crippen molar-refractivity contribution in [3.05, 3.63) is 63.7 Å². The van der Waals surface area contributed by atoms with E-state index < -0.39 is 4.92 Å². The lowest BCUT2D eigenvalue weighted by molar-refractivity contribution is -0.384. The van der Waals surface area contributed by atoms with Crippen molar-refractivity contribution in [3.8, 4) is 0 Å². The predicted octanol–water partition coefficient (Wildman–Crippen LogP) is 3.26. The maximum absolute atomic E-state index is 11.9. The van der Waals surface area contributed by atoms with E-state index in [-0.39, 0.29) is 18.1 Å². The number of rotatable bonds is 5. The Balaban J connectivity index is 1.97. The number of hydrogen-bond donors (Lipinski definition) is 2. The van der Waals surface area contributed by atoms with Crippen LogP contribution in [0.15, 0.2) is 42.5 Å². The lowest BCUT2D eigenvalue weighted by atomic mass is 10.1. The molecule has 0 saturated heterocycles. The lowest BCUT2D eigenvalue weighted by Gasteiger charge is -2.10. The Morgan fingerprint density at radius 3 is 2.68 bits per heavy atom. The fourth-order valence-corrected chi connectivity index (χ4v) is 2.00. The summed E-state index contributed by atoms with van der Waals surface area (Å²) in [6, 6.07) is 11.8. The second kappa shape index (κ2) is 6.71. The van der Waals surface area contributed by atoms with Gasteiger partial charge in [-0.15, -0.1) is 0 Å². The number of anilines is 2. The molecular weight excluding hydrogens is 282 g/mol. The van der Waals surface area contributed by atoms with Crippen LogP contribution in [0.3, 0.4) is 0 Å². The molecule has 2 N–H and O–H groups in total. The van der Waals surface area contributed by atoms with Crippen LogP contribution < -0.4 is 10.6 Å². The summed E-state index contributed by atoms with van der Waals surface area (Å²) in [5, 5.41) is 16.4. The minimum absolute atomic E-state index is 0.0553. The highest BCUT2D eigenvalue weighted by Crippen LogP contribution is 2.18. The van der Waals surface area contributed by atoms with Gasteiger partial charge in [0.15, 0.2) is 0 Å². The molecular formula is C16H17N3O3. The molecule has 0 heterocycles. The van der Waals surface area contributed by atoms with Crippen LogP contribution in [-0.4, -0.2) is 17.4 Å². The largest absolute Gasteiger partial charge is 0.376 e. The first-order valence-electron chi connectivity index (χ1n) is 6.81. The Bertz CT molecular complexity index is 714. The third-order valence-electron chi connectivity index (χ3n) is 3.17. The summed E-state index contributed by atoms with van der Waals surface area (Å²) in [6.45, 7) is 4.03. The standard InChI is InChI=1S/C16H17N3O3/c1-11-6-7-12(2)15(8-11)17-10-16(20)18-13-4-3-5-14(9-13)19(21)22/h3-9,17H,10H2,1-2H3,(H,18,20). The molecule has 0 fully saturated rings. The number of benzene rings is 2. The minimum Gasteiger partial charge on any atom is -0.376 e. The number of nitrogens with one attached hydrogen (secondary N) is 2. The highest BCUT2D eigenvalue weighted by Gasteiger charge is 2.08.